The van der Waals surface area contributed by atoms with Gasteiger partial charge in [0.1, 0.15) is 11.0 Å². The maximum absolute atomic E-state index is 12.5. The first-order valence-corrected chi connectivity index (χ1v) is 6.10. The number of anilines is 1. The second-order valence-electron chi connectivity index (χ2n) is 3.96. The molecule has 0 radical (unpaired) electrons. The fraction of sp³-hybridized carbons (Fsp3) is 0.636. The van der Waals surface area contributed by atoms with Gasteiger partial charge in [-0.3, -0.25) is 0 Å². The lowest BCUT2D eigenvalue weighted by molar-refractivity contribution is -0.144. The topological polar surface area (TPSA) is 37.8 Å². The van der Waals surface area contributed by atoms with Gasteiger partial charge in [-0.25, -0.2) is 9.97 Å². The van der Waals surface area contributed by atoms with Crippen LogP contribution < -0.4 is 5.32 Å². The van der Waals surface area contributed by atoms with Crippen LogP contribution in [0.4, 0.5) is 19.0 Å². The standard InChI is InChI=1S/C11H15ClF3N3/c1-3-7(4-2)6-16-9-5-8(12)17-10(18-9)11(13,14)15/h5,7H,3-4,6H2,1-2H3,(H,16,17,18). The van der Waals surface area contributed by atoms with Crippen molar-refractivity contribution in [2.45, 2.75) is 32.9 Å². The molecule has 0 aromatic carbocycles. The summed E-state index contributed by atoms with van der Waals surface area (Å²) in [5.74, 6) is -0.718. The van der Waals surface area contributed by atoms with Crippen LogP contribution in [0.2, 0.25) is 5.15 Å². The molecule has 0 fully saturated rings. The number of aromatic nitrogens is 2. The lowest BCUT2D eigenvalue weighted by Gasteiger charge is -2.14. The monoisotopic (exact) mass is 281 g/mol. The maximum atomic E-state index is 12.5. The molecule has 0 atom stereocenters. The summed E-state index contributed by atoms with van der Waals surface area (Å²) in [4.78, 5) is 6.58. The smallest absolute Gasteiger partial charge is 0.370 e. The van der Waals surface area contributed by atoms with E-state index in [4.69, 9.17) is 11.6 Å². The van der Waals surface area contributed by atoms with Crippen molar-refractivity contribution in [1.82, 2.24) is 9.97 Å². The molecule has 0 aliphatic heterocycles. The van der Waals surface area contributed by atoms with E-state index >= 15 is 0 Å². The molecule has 1 aromatic rings. The molecule has 0 spiro atoms. The molecule has 1 N–H and O–H groups in total. The molecule has 0 aliphatic carbocycles. The van der Waals surface area contributed by atoms with Crippen LogP contribution in [0.3, 0.4) is 0 Å². The lowest BCUT2D eigenvalue weighted by atomic mass is 10.0. The molecule has 0 bridgehead atoms. The van der Waals surface area contributed by atoms with Gasteiger partial charge in [-0.15, -0.1) is 0 Å². The molecule has 0 aliphatic rings. The fourth-order valence-corrected chi connectivity index (χ4v) is 1.64. The predicted octanol–water partition coefficient (Wildman–Crippen LogP) is 4.00. The molecular formula is C11H15ClF3N3. The van der Waals surface area contributed by atoms with Gasteiger partial charge in [-0.1, -0.05) is 38.3 Å². The normalized spacial score (nSPS) is 11.9. The zero-order chi connectivity index (χ0) is 13.8. The summed E-state index contributed by atoms with van der Waals surface area (Å²) < 4.78 is 37.4. The Hall–Kier alpha value is -1.04. The summed E-state index contributed by atoms with van der Waals surface area (Å²) in [5, 5.41) is 2.65. The summed E-state index contributed by atoms with van der Waals surface area (Å²) in [7, 11) is 0. The van der Waals surface area contributed by atoms with Crippen LogP contribution in [-0.4, -0.2) is 16.5 Å². The fourth-order valence-electron chi connectivity index (χ4n) is 1.46. The van der Waals surface area contributed by atoms with Crippen LogP contribution in [0.5, 0.6) is 0 Å². The average Bonchev–Trinajstić information content (AvgIpc) is 2.28. The highest BCUT2D eigenvalue weighted by Gasteiger charge is 2.35. The number of nitrogens with zero attached hydrogens (tertiary/aromatic N) is 2. The highest BCUT2D eigenvalue weighted by Crippen LogP contribution is 2.28. The molecule has 1 aromatic heterocycles. The van der Waals surface area contributed by atoms with Gasteiger partial charge in [0.25, 0.3) is 0 Å². The van der Waals surface area contributed by atoms with Gasteiger partial charge >= 0.3 is 6.18 Å². The quantitative estimate of drug-likeness (QED) is 0.829. The Bertz CT molecular complexity index is 392. The molecule has 0 unspecified atom stereocenters. The molecule has 18 heavy (non-hydrogen) atoms. The van der Waals surface area contributed by atoms with Crippen LogP contribution >= 0.6 is 11.6 Å². The number of nitrogens with one attached hydrogen (secondary N) is 1. The Morgan fingerprint density at radius 3 is 2.39 bits per heavy atom. The minimum atomic E-state index is -4.59. The molecule has 1 rings (SSSR count). The van der Waals surface area contributed by atoms with E-state index in [9.17, 15) is 13.2 Å². The average molecular weight is 282 g/mol. The third kappa shape index (κ3) is 4.33. The second kappa shape index (κ2) is 6.22. The van der Waals surface area contributed by atoms with E-state index in [1.165, 1.54) is 6.07 Å². The Labute approximate surface area is 109 Å². The number of hydrogen-bond donors (Lipinski definition) is 1. The van der Waals surface area contributed by atoms with Crippen molar-refractivity contribution in [1.29, 1.82) is 0 Å². The van der Waals surface area contributed by atoms with E-state index in [2.05, 4.69) is 15.3 Å². The van der Waals surface area contributed by atoms with E-state index in [1.54, 1.807) is 0 Å². The molecule has 3 nitrogen and oxygen atoms in total. The SMILES string of the molecule is CCC(CC)CNc1cc(Cl)nc(C(F)(F)F)n1. The highest BCUT2D eigenvalue weighted by molar-refractivity contribution is 6.29. The lowest BCUT2D eigenvalue weighted by Crippen LogP contribution is -2.16. The maximum Gasteiger partial charge on any atom is 0.451 e. The minimum Gasteiger partial charge on any atom is -0.370 e. The number of hydrogen-bond acceptors (Lipinski definition) is 3. The first-order valence-electron chi connectivity index (χ1n) is 5.72. The van der Waals surface area contributed by atoms with Crippen LogP contribution in [0.15, 0.2) is 6.07 Å². The molecule has 102 valence electrons. The van der Waals surface area contributed by atoms with Crippen LogP contribution in [0, 0.1) is 5.92 Å². The van der Waals surface area contributed by atoms with Crippen molar-refractivity contribution in [3.63, 3.8) is 0 Å². The summed E-state index contributed by atoms with van der Waals surface area (Å²) in [6.45, 7) is 4.63. The van der Waals surface area contributed by atoms with Gasteiger partial charge in [0.05, 0.1) is 0 Å². The first kappa shape index (κ1) is 15.0. The molecule has 0 saturated carbocycles. The minimum absolute atomic E-state index is 0.106. The Balaban J connectivity index is 2.81. The second-order valence-corrected chi connectivity index (χ2v) is 4.35. The van der Waals surface area contributed by atoms with E-state index in [1.807, 2.05) is 13.8 Å². The van der Waals surface area contributed by atoms with Crippen molar-refractivity contribution in [3.05, 3.63) is 17.0 Å². The zero-order valence-corrected chi connectivity index (χ0v) is 10.9. The first-order chi connectivity index (χ1) is 8.36. The molecule has 1 heterocycles. The van der Waals surface area contributed by atoms with Crippen molar-refractivity contribution in [2.75, 3.05) is 11.9 Å². The van der Waals surface area contributed by atoms with E-state index in [-0.39, 0.29) is 11.0 Å². The third-order valence-electron chi connectivity index (χ3n) is 2.67. The van der Waals surface area contributed by atoms with Crippen LogP contribution in [-0.2, 0) is 6.18 Å². The Kier molecular flexibility index (Phi) is 5.19. The van der Waals surface area contributed by atoms with E-state index < -0.39 is 12.0 Å². The van der Waals surface area contributed by atoms with Crippen molar-refractivity contribution < 1.29 is 13.2 Å². The molecule has 7 heteroatoms. The van der Waals surface area contributed by atoms with E-state index in [0.29, 0.717) is 12.5 Å². The molecular weight excluding hydrogens is 267 g/mol. The summed E-state index contributed by atoms with van der Waals surface area (Å²) >= 11 is 5.55. The van der Waals surface area contributed by atoms with Crippen molar-refractivity contribution in [3.8, 4) is 0 Å². The summed E-state index contributed by atoms with van der Waals surface area (Å²) in [6, 6.07) is 1.29. The van der Waals surface area contributed by atoms with Crippen molar-refractivity contribution in [2.24, 2.45) is 5.92 Å². The summed E-state index contributed by atoms with van der Waals surface area (Å²) in [5.41, 5.74) is 0. The van der Waals surface area contributed by atoms with Gasteiger partial charge in [0, 0.05) is 12.6 Å². The molecule has 0 saturated heterocycles. The number of halogens is 4. The Morgan fingerprint density at radius 1 is 1.28 bits per heavy atom. The van der Waals surface area contributed by atoms with Gasteiger partial charge in [0.2, 0.25) is 5.82 Å². The van der Waals surface area contributed by atoms with Crippen molar-refractivity contribution >= 4 is 17.4 Å². The zero-order valence-electron chi connectivity index (χ0n) is 10.2. The van der Waals surface area contributed by atoms with Gasteiger partial charge in [0.15, 0.2) is 0 Å². The highest BCUT2D eigenvalue weighted by atomic mass is 35.5. The number of rotatable bonds is 5. The van der Waals surface area contributed by atoms with Gasteiger partial charge in [-0.05, 0) is 5.92 Å². The third-order valence-corrected chi connectivity index (χ3v) is 2.87. The predicted molar refractivity (Wildman–Crippen MR) is 64.6 cm³/mol. The van der Waals surface area contributed by atoms with Crippen LogP contribution in [0.1, 0.15) is 32.5 Å². The van der Waals surface area contributed by atoms with E-state index in [0.717, 1.165) is 12.8 Å². The Morgan fingerprint density at radius 2 is 1.89 bits per heavy atom. The summed E-state index contributed by atoms with van der Waals surface area (Å²) in [6.07, 6.45) is -2.68. The van der Waals surface area contributed by atoms with Gasteiger partial charge < -0.3 is 5.32 Å². The molecule has 0 amide bonds. The largest absolute Gasteiger partial charge is 0.451 e. The van der Waals surface area contributed by atoms with Crippen LogP contribution in [0.25, 0.3) is 0 Å². The number of alkyl halides is 3. The van der Waals surface area contributed by atoms with Gasteiger partial charge in [-0.2, -0.15) is 13.2 Å².